The molecular formula is C8H14O2. The van der Waals surface area contributed by atoms with Crippen LogP contribution < -0.4 is 0 Å². The number of hydrogen-bond donors (Lipinski definition) is 1. The molecule has 0 aromatic carbocycles. The van der Waals surface area contributed by atoms with Gasteiger partial charge in [0.15, 0.2) is 0 Å². The van der Waals surface area contributed by atoms with Crippen molar-refractivity contribution in [2.75, 3.05) is 6.61 Å². The molecule has 0 amide bonds. The molecule has 1 saturated heterocycles. The van der Waals surface area contributed by atoms with Gasteiger partial charge in [-0.3, -0.25) is 0 Å². The first-order chi connectivity index (χ1) is 4.81. The van der Waals surface area contributed by atoms with E-state index in [4.69, 9.17) is 4.74 Å². The Hall–Kier alpha value is -0.0800. The van der Waals surface area contributed by atoms with Gasteiger partial charge in [-0.15, -0.1) is 0 Å². The average Bonchev–Trinajstić information content (AvgIpc) is 2.33. The highest BCUT2D eigenvalue weighted by molar-refractivity contribution is 4.96. The van der Waals surface area contributed by atoms with Gasteiger partial charge in [-0.1, -0.05) is 0 Å². The highest BCUT2D eigenvalue weighted by Gasteiger charge is 2.44. The molecule has 0 radical (unpaired) electrons. The Morgan fingerprint density at radius 2 is 2.10 bits per heavy atom. The zero-order valence-corrected chi connectivity index (χ0v) is 6.18. The van der Waals surface area contributed by atoms with Gasteiger partial charge < -0.3 is 9.84 Å². The van der Waals surface area contributed by atoms with Crippen LogP contribution in [0.3, 0.4) is 0 Å². The van der Waals surface area contributed by atoms with Crippen molar-refractivity contribution in [2.24, 2.45) is 0 Å². The lowest BCUT2D eigenvalue weighted by atomic mass is 9.75. The van der Waals surface area contributed by atoms with Crippen LogP contribution in [0.1, 0.15) is 32.1 Å². The molecule has 1 unspecified atom stereocenters. The molecule has 1 aliphatic heterocycles. The summed E-state index contributed by atoms with van der Waals surface area (Å²) < 4.78 is 5.41. The number of hydrogen-bond acceptors (Lipinski definition) is 2. The fourth-order valence-electron chi connectivity index (χ4n) is 1.86. The Kier molecular flexibility index (Phi) is 1.46. The minimum atomic E-state index is -0.420. The average molecular weight is 142 g/mol. The zero-order valence-electron chi connectivity index (χ0n) is 6.18. The first-order valence-corrected chi connectivity index (χ1v) is 4.15. The molecule has 2 fully saturated rings. The predicted molar refractivity (Wildman–Crippen MR) is 37.8 cm³/mol. The van der Waals surface area contributed by atoms with E-state index in [0.29, 0.717) is 0 Å². The summed E-state index contributed by atoms with van der Waals surface area (Å²) in [5.74, 6) is 0. The minimum Gasteiger partial charge on any atom is -0.387 e. The monoisotopic (exact) mass is 142 g/mol. The van der Waals surface area contributed by atoms with E-state index in [2.05, 4.69) is 0 Å². The van der Waals surface area contributed by atoms with Crippen LogP contribution in [0.25, 0.3) is 0 Å². The zero-order chi connectivity index (χ0) is 7.03. The summed E-state index contributed by atoms with van der Waals surface area (Å²) >= 11 is 0. The number of ether oxygens (including phenoxy) is 1. The smallest absolute Gasteiger partial charge is 0.0908 e. The summed E-state index contributed by atoms with van der Waals surface area (Å²) in [4.78, 5) is 0. The van der Waals surface area contributed by atoms with Gasteiger partial charge in [0.25, 0.3) is 0 Å². The van der Waals surface area contributed by atoms with Crippen LogP contribution >= 0.6 is 0 Å². The molecule has 10 heavy (non-hydrogen) atoms. The van der Waals surface area contributed by atoms with Crippen molar-refractivity contribution in [1.29, 1.82) is 0 Å². The SMILES string of the molecule is OC1(C2CCCO2)CCC1. The Morgan fingerprint density at radius 3 is 2.50 bits per heavy atom. The third-order valence-corrected chi connectivity index (χ3v) is 2.75. The maximum atomic E-state index is 9.78. The highest BCUT2D eigenvalue weighted by atomic mass is 16.5. The third-order valence-electron chi connectivity index (χ3n) is 2.75. The van der Waals surface area contributed by atoms with Crippen LogP contribution in [0.4, 0.5) is 0 Å². The maximum absolute atomic E-state index is 9.78. The minimum absolute atomic E-state index is 0.168. The molecule has 2 nitrogen and oxygen atoms in total. The molecule has 58 valence electrons. The second-order valence-electron chi connectivity index (χ2n) is 3.46. The molecule has 0 bridgehead atoms. The Bertz CT molecular complexity index is 123. The van der Waals surface area contributed by atoms with E-state index in [1.54, 1.807) is 0 Å². The first kappa shape index (κ1) is 6.62. The van der Waals surface area contributed by atoms with Gasteiger partial charge in [-0.05, 0) is 32.1 Å². The fourth-order valence-corrected chi connectivity index (χ4v) is 1.86. The summed E-state index contributed by atoms with van der Waals surface area (Å²) in [6.07, 6.45) is 5.45. The van der Waals surface area contributed by atoms with E-state index in [1.165, 1.54) is 6.42 Å². The van der Waals surface area contributed by atoms with Crippen molar-refractivity contribution >= 4 is 0 Å². The molecule has 1 heterocycles. The van der Waals surface area contributed by atoms with Gasteiger partial charge in [0.05, 0.1) is 11.7 Å². The highest BCUT2D eigenvalue weighted by Crippen LogP contribution is 2.39. The van der Waals surface area contributed by atoms with Gasteiger partial charge in [-0.25, -0.2) is 0 Å². The Morgan fingerprint density at radius 1 is 1.30 bits per heavy atom. The molecular weight excluding hydrogens is 128 g/mol. The molecule has 0 aromatic heterocycles. The van der Waals surface area contributed by atoms with Crippen LogP contribution in [0.2, 0.25) is 0 Å². The van der Waals surface area contributed by atoms with E-state index in [1.807, 2.05) is 0 Å². The molecule has 1 N–H and O–H groups in total. The predicted octanol–water partition coefficient (Wildman–Crippen LogP) is 1.08. The summed E-state index contributed by atoms with van der Waals surface area (Å²) in [6.45, 7) is 0.854. The molecule has 2 heteroatoms. The number of rotatable bonds is 1. The maximum Gasteiger partial charge on any atom is 0.0908 e. The van der Waals surface area contributed by atoms with Crippen LogP contribution in [0, 0.1) is 0 Å². The summed E-state index contributed by atoms with van der Waals surface area (Å²) in [7, 11) is 0. The van der Waals surface area contributed by atoms with Crippen LogP contribution in [0.5, 0.6) is 0 Å². The Labute approximate surface area is 61.2 Å². The topological polar surface area (TPSA) is 29.5 Å². The lowest BCUT2D eigenvalue weighted by Crippen LogP contribution is -2.47. The number of aliphatic hydroxyl groups is 1. The summed E-state index contributed by atoms with van der Waals surface area (Å²) in [5.41, 5.74) is -0.420. The van der Waals surface area contributed by atoms with Crippen LogP contribution in [-0.4, -0.2) is 23.4 Å². The van der Waals surface area contributed by atoms with E-state index >= 15 is 0 Å². The molecule has 1 atom stereocenters. The molecule has 2 aliphatic rings. The quantitative estimate of drug-likeness (QED) is 0.593. The van der Waals surface area contributed by atoms with Crippen molar-refractivity contribution in [3.63, 3.8) is 0 Å². The molecule has 0 spiro atoms. The van der Waals surface area contributed by atoms with Crippen molar-refractivity contribution < 1.29 is 9.84 Å². The normalized spacial score (nSPS) is 37.5. The first-order valence-electron chi connectivity index (χ1n) is 4.15. The largest absolute Gasteiger partial charge is 0.387 e. The Balaban J connectivity index is 1.96. The second kappa shape index (κ2) is 2.21. The van der Waals surface area contributed by atoms with Crippen molar-refractivity contribution in [2.45, 2.75) is 43.8 Å². The molecule has 0 aromatic rings. The van der Waals surface area contributed by atoms with Gasteiger partial charge in [0, 0.05) is 6.61 Å². The van der Waals surface area contributed by atoms with Crippen molar-refractivity contribution in [1.82, 2.24) is 0 Å². The lowest BCUT2D eigenvalue weighted by molar-refractivity contribution is -0.131. The van der Waals surface area contributed by atoms with Crippen molar-refractivity contribution in [3.8, 4) is 0 Å². The molecule has 2 rings (SSSR count). The third kappa shape index (κ3) is 0.867. The van der Waals surface area contributed by atoms with E-state index in [-0.39, 0.29) is 6.10 Å². The van der Waals surface area contributed by atoms with Gasteiger partial charge in [0.2, 0.25) is 0 Å². The second-order valence-corrected chi connectivity index (χ2v) is 3.46. The van der Waals surface area contributed by atoms with Crippen molar-refractivity contribution in [3.05, 3.63) is 0 Å². The van der Waals surface area contributed by atoms with Gasteiger partial charge in [0.1, 0.15) is 0 Å². The standard InChI is InChI=1S/C8H14O2/c9-8(4-2-5-8)7-3-1-6-10-7/h7,9H,1-6H2. The fraction of sp³-hybridized carbons (Fsp3) is 1.00. The lowest BCUT2D eigenvalue weighted by Gasteiger charge is -2.40. The van der Waals surface area contributed by atoms with E-state index in [9.17, 15) is 5.11 Å². The molecule has 1 saturated carbocycles. The summed E-state index contributed by atoms with van der Waals surface area (Å²) in [5, 5.41) is 9.78. The summed E-state index contributed by atoms with van der Waals surface area (Å²) in [6, 6.07) is 0. The van der Waals surface area contributed by atoms with Gasteiger partial charge >= 0.3 is 0 Å². The van der Waals surface area contributed by atoms with E-state index < -0.39 is 5.60 Å². The van der Waals surface area contributed by atoms with Crippen LogP contribution in [0.15, 0.2) is 0 Å². The molecule has 1 aliphatic carbocycles. The van der Waals surface area contributed by atoms with E-state index in [0.717, 1.165) is 32.3 Å². The van der Waals surface area contributed by atoms with Crippen LogP contribution in [-0.2, 0) is 4.74 Å². The van der Waals surface area contributed by atoms with Gasteiger partial charge in [-0.2, -0.15) is 0 Å².